The predicted molar refractivity (Wildman–Crippen MR) is 89.0 cm³/mol. The van der Waals surface area contributed by atoms with E-state index in [4.69, 9.17) is 4.74 Å². The molecule has 5 heteroatoms. The first-order chi connectivity index (χ1) is 10.1. The summed E-state index contributed by atoms with van der Waals surface area (Å²) in [5, 5.41) is 5.93. The second-order valence-electron chi connectivity index (χ2n) is 4.60. The number of amides is 1. The number of ether oxygens (including phenoxy) is 1. The molecule has 0 spiro atoms. The molecule has 1 amide bonds. The van der Waals surface area contributed by atoms with Gasteiger partial charge in [-0.25, -0.2) is 0 Å². The standard InChI is InChI=1S/C16H17BrN2O2/c1-11-8-13(6-7-15(11)21-2)18-10-16(20)19-14-5-3-4-12(17)9-14/h3-9,18H,10H2,1-2H3,(H,19,20). The molecule has 2 rings (SSSR count). The van der Waals surface area contributed by atoms with Crippen molar-refractivity contribution in [1.82, 2.24) is 0 Å². The Hall–Kier alpha value is -2.01. The summed E-state index contributed by atoms with van der Waals surface area (Å²) in [6.45, 7) is 2.17. The molecule has 0 bridgehead atoms. The van der Waals surface area contributed by atoms with Gasteiger partial charge in [0.05, 0.1) is 13.7 Å². The molecule has 2 aromatic carbocycles. The SMILES string of the molecule is COc1ccc(NCC(=O)Nc2cccc(Br)c2)cc1C. The largest absolute Gasteiger partial charge is 0.496 e. The van der Waals surface area contributed by atoms with E-state index in [1.807, 2.05) is 49.4 Å². The number of halogens is 1. The van der Waals surface area contributed by atoms with E-state index in [1.165, 1.54) is 0 Å². The molecule has 0 aliphatic rings. The van der Waals surface area contributed by atoms with Crippen LogP contribution in [-0.2, 0) is 4.79 Å². The third-order valence-electron chi connectivity index (χ3n) is 2.96. The molecule has 0 unspecified atom stereocenters. The van der Waals surface area contributed by atoms with E-state index >= 15 is 0 Å². The van der Waals surface area contributed by atoms with Crippen LogP contribution in [0.3, 0.4) is 0 Å². The molecule has 0 aromatic heterocycles. The summed E-state index contributed by atoms with van der Waals surface area (Å²) >= 11 is 3.37. The Kier molecular flexibility index (Phi) is 5.22. The van der Waals surface area contributed by atoms with Gasteiger partial charge in [-0.3, -0.25) is 4.79 Å². The number of aryl methyl sites for hydroxylation is 1. The number of anilines is 2. The third-order valence-corrected chi connectivity index (χ3v) is 3.45. The molecule has 4 nitrogen and oxygen atoms in total. The summed E-state index contributed by atoms with van der Waals surface area (Å²) in [4.78, 5) is 11.9. The van der Waals surface area contributed by atoms with Gasteiger partial charge in [0.2, 0.25) is 5.91 Å². The van der Waals surface area contributed by atoms with Crippen molar-refractivity contribution in [2.24, 2.45) is 0 Å². The highest BCUT2D eigenvalue weighted by Crippen LogP contribution is 2.21. The highest BCUT2D eigenvalue weighted by molar-refractivity contribution is 9.10. The van der Waals surface area contributed by atoms with Crippen molar-refractivity contribution in [3.05, 3.63) is 52.5 Å². The van der Waals surface area contributed by atoms with E-state index in [1.54, 1.807) is 7.11 Å². The molecule has 2 N–H and O–H groups in total. The lowest BCUT2D eigenvalue weighted by molar-refractivity contribution is -0.114. The zero-order valence-corrected chi connectivity index (χ0v) is 13.5. The second-order valence-corrected chi connectivity index (χ2v) is 5.51. The minimum absolute atomic E-state index is 0.0958. The summed E-state index contributed by atoms with van der Waals surface area (Å²) in [5.74, 6) is 0.737. The van der Waals surface area contributed by atoms with Crippen LogP contribution in [0.1, 0.15) is 5.56 Å². The lowest BCUT2D eigenvalue weighted by Crippen LogP contribution is -2.21. The quantitative estimate of drug-likeness (QED) is 0.863. The molecule has 0 fully saturated rings. The van der Waals surface area contributed by atoms with Gasteiger partial charge in [-0.1, -0.05) is 22.0 Å². The highest BCUT2D eigenvalue weighted by Gasteiger charge is 2.04. The number of methoxy groups -OCH3 is 1. The molecule has 0 aliphatic carbocycles. The minimum Gasteiger partial charge on any atom is -0.496 e. The monoisotopic (exact) mass is 348 g/mol. The van der Waals surface area contributed by atoms with Crippen molar-refractivity contribution < 1.29 is 9.53 Å². The average molecular weight is 349 g/mol. The lowest BCUT2D eigenvalue weighted by Gasteiger charge is -2.10. The van der Waals surface area contributed by atoms with Gasteiger partial charge < -0.3 is 15.4 Å². The van der Waals surface area contributed by atoms with Crippen LogP contribution in [0.25, 0.3) is 0 Å². The Bertz CT molecular complexity index is 644. The van der Waals surface area contributed by atoms with Crippen LogP contribution in [0.2, 0.25) is 0 Å². The number of hydrogen-bond acceptors (Lipinski definition) is 3. The summed E-state index contributed by atoms with van der Waals surface area (Å²) in [7, 11) is 1.64. The normalized spacial score (nSPS) is 10.0. The third kappa shape index (κ3) is 4.49. The number of nitrogens with one attached hydrogen (secondary N) is 2. The Morgan fingerprint density at radius 3 is 2.67 bits per heavy atom. The first kappa shape index (κ1) is 15.4. The summed E-state index contributed by atoms with van der Waals surface area (Å²) < 4.78 is 6.13. The van der Waals surface area contributed by atoms with E-state index in [-0.39, 0.29) is 12.5 Å². The van der Waals surface area contributed by atoms with Gasteiger partial charge >= 0.3 is 0 Å². The first-order valence-corrected chi connectivity index (χ1v) is 7.31. The topological polar surface area (TPSA) is 50.4 Å². The maximum atomic E-state index is 11.9. The minimum atomic E-state index is -0.0958. The fourth-order valence-corrected chi connectivity index (χ4v) is 2.34. The van der Waals surface area contributed by atoms with Crippen LogP contribution < -0.4 is 15.4 Å². The molecule has 0 saturated heterocycles. The number of carbonyl (C=O) groups excluding carboxylic acids is 1. The highest BCUT2D eigenvalue weighted by atomic mass is 79.9. The molecule has 0 heterocycles. The number of hydrogen-bond donors (Lipinski definition) is 2. The maximum absolute atomic E-state index is 11.9. The fraction of sp³-hybridized carbons (Fsp3) is 0.188. The smallest absolute Gasteiger partial charge is 0.243 e. The van der Waals surface area contributed by atoms with Gasteiger partial charge in [0, 0.05) is 15.8 Å². The zero-order valence-electron chi connectivity index (χ0n) is 11.9. The van der Waals surface area contributed by atoms with E-state index in [0.29, 0.717) is 0 Å². The summed E-state index contributed by atoms with van der Waals surface area (Å²) in [6.07, 6.45) is 0. The molecule has 21 heavy (non-hydrogen) atoms. The van der Waals surface area contributed by atoms with Crippen LogP contribution in [0.15, 0.2) is 46.9 Å². The van der Waals surface area contributed by atoms with Gasteiger partial charge in [-0.2, -0.15) is 0 Å². The van der Waals surface area contributed by atoms with Crippen molar-refractivity contribution in [2.75, 3.05) is 24.3 Å². The van der Waals surface area contributed by atoms with Crippen LogP contribution in [-0.4, -0.2) is 19.6 Å². The van der Waals surface area contributed by atoms with Crippen LogP contribution in [0.4, 0.5) is 11.4 Å². The van der Waals surface area contributed by atoms with Gasteiger partial charge in [0.25, 0.3) is 0 Å². The maximum Gasteiger partial charge on any atom is 0.243 e. The number of benzene rings is 2. The van der Waals surface area contributed by atoms with Crippen LogP contribution >= 0.6 is 15.9 Å². The summed E-state index contributed by atoms with van der Waals surface area (Å²) in [5.41, 5.74) is 2.68. The van der Waals surface area contributed by atoms with Crippen molar-refractivity contribution in [1.29, 1.82) is 0 Å². The molecule has 110 valence electrons. The van der Waals surface area contributed by atoms with E-state index in [9.17, 15) is 4.79 Å². The van der Waals surface area contributed by atoms with E-state index < -0.39 is 0 Å². The molecule has 0 saturated carbocycles. The Labute approximate surface area is 132 Å². The molecule has 0 aliphatic heterocycles. The second kappa shape index (κ2) is 7.13. The molecular formula is C16H17BrN2O2. The van der Waals surface area contributed by atoms with Crippen molar-refractivity contribution >= 4 is 33.2 Å². The Morgan fingerprint density at radius 1 is 1.19 bits per heavy atom. The lowest BCUT2D eigenvalue weighted by atomic mass is 10.2. The zero-order chi connectivity index (χ0) is 15.2. The van der Waals surface area contributed by atoms with Crippen molar-refractivity contribution in [3.63, 3.8) is 0 Å². The Balaban J connectivity index is 1.90. The van der Waals surface area contributed by atoms with Crippen molar-refractivity contribution in [2.45, 2.75) is 6.92 Å². The first-order valence-electron chi connectivity index (χ1n) is 6.52. The van der Waals surface area contributed by atoms with Gasteiger partial charge in [0.15, 0.2) is 0 Å². The van der Waals surface area contributed by atoms with Gasteiger partial charge in [-0.15, -0.1) is 0 Å². The van der Waals surface area contributed by atoms with E-state index in [2.05, 4.69) is 26.6 Å². The van der Waals surface area contributed by atoms with Crippen LogP contribution in [0.5, 0.6) is 5.75 Å². The van der Waals surface area contributed by atoms with Gasteiger partial charge in [-0.05, 0) is 48.9 Å². The molecule has 2 aromatic rings. The van der Waals surface area contributed by atoms with Crippen molar-refractivity contribution in [3.8, 4) is 5.75 Å². The molecule has 0 atom stereocenters. The Morgan fingerprint density at radius 2 is 2.00 bits per heavy atom. The van der Waals surface area contributed by atoms with E-state index in [0.717, 1.165) is 27.2 Å². The molecular weight excluding hydrogens is 332 g/mol. The predicted octanol–water partition coefficient (Wildman–Crippen LogP) is 3.82. The van der Waals surface area contributed by atoms with Crippen LogP contribution in [0, 0.1) is 6.92 Å². The molecule has 0 radical (unpaired) electrons. The fourth-order valence-electron chi connectivity index (χ4n) is 1.94. The van der Waals surface area contributed by atoms with Gasteiger partial charge in [0.1, 0.15) is 5.75 Å². The number of rotatable bonds is 5. The average Bonchev–Trinajstić information content (AvgIpc) is 2.45. The number of carbonyl (C=O) groups is 1. The summed E-state index contributed by atoms with van der Waals surface area (Å²) in [6, 6.07) is 13.2.